The van der Waals surface area contributed by atoms with Crippen molar-refractivity contribution in [1.82, 2.24) is 5.32 Å². The molecule has 0 amide bonds. The van der Waals surface area contributed by atoms with E-state index in [0.29, 0.717) is 18.4 Å². The lowest BCUT2D eigenvalue weighted by Crippen LogP contribution is -2.39. The minimum Gasteiger partial charge on any atom is -0.492 e. The molecule has 1 saturated heterocycles. The second-order valence-corrected chi connectivity index (χ2v) is 4.60. The summed E-state index contributed by atoms with van der Waals surface area (Å²) < 4.78 is 18.6. The average Bonchev–Trinajstić information content (AvgIpc) is 2.39. The van der Waals surface area contributed by atoms with Crippen LogP contribution in [-0.2, 0) is 0 Å². The van der Waals surface area contributed by atoms with Crippen LogP contribution in [0, 0.1) is 5.82 Å². The van der Waals surface area contributed by atoms with Gasteiger partial charge < -0.3 is 15.4 Å². The van der Waals surface area contributed by atoms with Crippen LogP contribution in [0.3, 0.4) is 0 Å². The van der Waals surface area contributed by atoms with Gasteiger partial charge in [-0.3, -0.25) is 0 Å². The van der Waals surface area contributed by atoms with Gasteiger partial charge in [0.05, 0.1) is 12.3 Å². The topological polar surface area (TPSA) is 33.3 Å². The Morgan fingerprint density at radius 1 is 1.44 bits per heavy atom. The molecule has 100 valence electrons. The Bertz CT molecular complexity index is 378. The fourth-order valence-corrected chi connectivity index (χ4v) is 2.25. The van der Waals surface area contributed by atoms with Crippen molar-refractivity contribution < 1.29 is 9.13 Å². The van der Waals surface area contributed by atoms with Crippen LogP contribution in [0.25, 0.3) is 0 Å². The number of rotatable bonds is 5. The Morgan fingerprint density at radius 2 is 2.33 bits per heavy atom. The number of hydrogen-bond donors (Lipinski definition) is 2. The second-order valence-electron chi connectivity index (χ2n) is 4.60. The fourth-order valence-electron chi connectivity index (χ4n) is 2.25. The second kappa shape index (κ2) is 6.59. The first-order valence-corrected chi connectivity index (χ1v) is 6.69. The molecule has 0 radical (unpaired) electrons. The third-order valence-corrected chi connectivity index (χ3v) is 3.19. The van der Waals surface area contributed by atoms with Gasteiger partial charge in [-0.05, 0) is 38.4 Å². The Kier molecular flexibility index (Phi) is 4.81. The largest absolute Gasteiger partial charge is 0.492 e. The third-order valence-electron chi connectivity index (χ3n) is 3.19. The molecule has 2 N–H and O–H groups in total. The van der Waals surface area contributed by atoms with Crippen molar-refractivity contribution in [2.24, 2.45) is 0 Å². The molecule has 1 atom stereocenters. The normalized spacial score (nSPS) is 19.6. The lowest BCUT2D eigenvalue weighted by atomic mass is 10.1. The zero-order chi connectivity index (χ0) is 12.8. The van der Waals surface area contributed by atoms with Crippen LogP contribution in [-0.4, -0.2) is 25.7 Å². The SMILES string of the molecule is CCOc1cc(F)ccc1NCC1CCCCN1. The molecule has 1 aliphatic heterocycles. The Morgan fingerprint density at radius 3 is 3.06 bits per heavy atom. The van der Waals surface area contributed by atoms with Crippen LogP contribution in [0.2, 0.25) is 0 Å². The summed E-state index contributed by atoms with van der Waals surface area (Å²) in [5.74, 6) is 0.327. The van der Waals surface area contributed by atoms with Crippen molar-refractivity contribution in [2.75, 3.05) is 25.0 Å². The van der Waals surface area contributed by atoms with Crippen molar-refractivity contribution in [3.8, 4) is 5.75 Å². The molecule has 18 heavy (non-hydrogen) atoms. The molecule has 3 nitrogen and oxygen atoms in total. The van der Waals surface area contributed by atoms with Gasteiger partial charge in [-0.15, -0.1) is 0 Å². The van der Waals surface area contributed by atoms with Gasteiger partial charge in [0, 0.05) is 18.7 Å². The maximum absolute atomic E-state index is 13.1. The number of halogens is 1. The maximum atomic E-state index is 13.1. The van der Waals surface area contributed by atoms with E-state index in [0.717, 1.165) is 18.8 Å². The standard InChI is InChI=1S/C14H21FN2O/c1-2-18-14-9-11(15)6-7-13(14)17-10-12-5-3-4-8-16-12/h6-7,9,12,16-17H,2-5,8,10H2,1H3. The highest BCUT2D eigenvalue weighted by molar-refractivity contribution is 5.56. The number of nitrogens with one attached hydrogen (secondary N) is 2. The summed E-state index contributed by atoms with van der Waals surface area (Å²) in [4.78, 5) is 0. The molecule has 0 spiro atoms. The third kappa shape index (κ3) is 3.60. The highest BCUT2D eigenvalue weighted by atomic mass is 19.1. The number of benzene rings is 1. The molecule has 0 aromatic heterocycles. The van der Waals surface area contributed by atoms with E-state index in [1.165, 1.54) is 31.4 Å². The number of hydrogen-bond acceptors (Lipinski definition) is 3. The molecule has 1 aromatic carbocycles. The van der Waals surface area contributed by atoms with Gasteiger partial charge in [-0.25, -0.2) is 4.39 Å². The minimum absolute atomic E-state index is 0.264. The first-order chi connectivity index (χ1) is 8.79. The van der Waals surface area contributed by atoms with E-state index in [1.54, 1.807) is 6.07 Å². The molecule has 2 rings (SSSR count). The van der Waals surface area contributed by atoms with Crippen LogP contribution in [0.1, 0.15) is 26.2 Å². The van der Waals surface area contributed by atoms with Crippen molar-refractivity contribution in [3.05, 3.63) is 24.0 Å². The van der Waals surface area contributed by atoms with E-state index in [9.17, 15) is 4.39 Å². The highest BCUT2D eigenvalue weighted by Crippen LogP contribution is 2.25. The fraction of sp³-hybridized carbons (Fsp3) is 0.571. The summed E-state index contributed by atoms with van der Waals surface area (Å²) in [5, 5.41) is 6.82. The van der Waals surface area contributed by atoms with E-state index in [1.807, 2.05) is 6.92 Å². The first kappa shape index (κ1) is 13.1. The monoisotopic (exact) mass is 252 g/mol. The predicted molar refractivity (Wildman–Crippen MR) is 71.7 cm³/mol. The molecule has 0 bridgehead atoms. The molecule has 1 heterocycles. The molecule has 1 aromatic rings. The van der Waals surface area contributed by atoms with Crippen LogP contribution in [0.5, 0.6) is 5.75 Å². The molecule has 0 saturated carbocycles. The van der Waals surface area contributed by atoms with Crippen molar-refractivity contribution in [2.45, 2.75) is 32.2 Å². The highest BCUT2D eigenvalue weighted by Gasteiger charge is 2.13. The van der Waals surface area contributed by atoms with Crippen LogP contribution in [0.4, 0.5) is 10.1 Å². The van der Waals surface area contributed by atoms with Gasteiger partial charge in [0.15, 0.2) is 0 Å². The molecule has 1 fully saturated rings. The number of piperidine rings is 1. The summed E-state index contributed by atoms with van der Waals surface area (Å²) in [6.45, 7) is 4.39. The quantitative estimate of drug-likeness (QED) is 0.845. The van der Waals surface area contributed by atoms with Crippen LogP contribution in [0.15, 0.2) is 18.2 Å². The summed E-state index contributed by atoms with van der Waals surface area (Å²) in [6, 6.07) is 5.13. The number of anilines is 1. The molecule has 4 heteroatoms. The van der Waals surface area contributed by atoms with Crippen LogP contribution >= 0.6 is 0 Å². The van der Waals surface area contributed by atoms with Gasteiger partial charge in [0.2, 0.25) is 0 Å². The molecular formula is C14H21FN2O. The predicted octanol–water partition coefficient (Wildman–Crippen LogP) is 2.78. The number of ether oxygens (including phenoxy) is 1. The molecular weight excluding hydrogens is 231 g/mol. The minimum atomic E-state index is -0.264. The lowest BCUT2D eigenvalue weighted by Gasteiger charge is -2.24. The lowest BCUT2D eigenvalue weighted by molar-refractivity contribution is 0.339. The maximum Gasteiger partial charge on any atom is 0.145 e. The smallest absolute Gasteiger partial charge is 0.145 e. The molecule has 1 unspecified atom stereocenters. The van der Waals surface area contributed by atoms with Gasteiger partial charge >= 0.3 is 0 Å². The Labute approximate surface area is 108 Å². The molecule has 0 aliphatic carbocycles. The zero-order valence-corrected chi connectivity index (χ0v) is 10.8. The summed E-state index contributed by atoms with van der Waals surface area (Å²) >= 11 is 0. The van der Waals surface area contributed by atoms with Gasteiger partial charge in [0.1, 0.15) is 11.6 Å². The summed E-state index contributed by atoms with van der Waals surface area (Å²) in [7, 11) is 0. The van der Waals surface area contributed by atoms with Crippen LogP contribution < -0.4 is 15.4 Å². The van der Waals surface area contributed by atoms with E-state index in [-0.39, 0.29) is 5.82 Å². The van der Waals surface area contributed by atoms with Crippen molar-refractivity contribution in [1.29, 1.82) is 0 Å². The van der Waals surface area contributed by atoms with Gasteiger partial charge in [0.25, 0.3) is 0 Å². The Hall–Kier alpha value is -1.29. The van der Waals surface area contributed by atoms with E-state index < -0.39 is 0 Å². The zero-order valence-electron chi connectivity index (χ0n) is 10.8. The van der Waals surface area contributed by atoms with E-state index in [4.69, 9.17) is 4.74 Å². The molecule has 1 aliphatic rings. The van der Waals surface area contributed by atoms with Gasteiger partial charge in [-0.1, -0.05) is 6.42 Å². The van der Waals surface area contributed by atoms with E-state index in [2.05, 4.69) is 10.6 Å². The average molecular weight is 252 g/mol. The summed E-state index contributed by atoms with van der Waals surface area (Å²) in [6.07, 6.45) is 3.73. The Balaban J connectivity index is 1.94. The van der Waals surface area contributed by atoms with Crippen molar-refractivity contribution >= 4 is 5.69 Å². The summed E-state index contributed by atoms with van der Waals surface area (Å²) in [5.41, 5.74) is 0.866. The van der Waals surface area contributed by atoms with Gasteiger partial charge in [-0.2, -0.15) is 0 Å². The van der Waals surface area contributed by atoms with E-state index >= 15 is 0 Å². The van der Waals surface area contributed by atoms with Crippen molar-refractivity contribution in [3.63, 3.8) is 0 Å². The first-order valence-electron chi connectivity index (χ1n) is 6.69.